The Labute approximate surface area is 93.2 Å². The molecule has 1 aromatic rings. The second kappa shape index (κ2) is 4.94. The Bertz CT molecular complexity index is 406. The lowest BCUT2D eigenvalue weighted by Crippen LogP contribution is -2.24. The van der Waals surface area contributed by atoms with Crippen LogP contribution in [-0.4, -0.2) is 20.2 Å². The van der Waals surface area contributed by atoms with E-state index in [4.69, 9.17) is 10.5 Å². The summed E-state index contributed by atoms with van der Waals surface area (Å²) in [5, 5.41) is 0. The fourth-order valence-electron chi connectivity index (χ4n) is 1.44. The lowest BCUT2D eigenvalue weighted by molar-refractivity contribution is -0.142. The van der Waals surface area contributed by atoms with E-state index in [1.54, 1.807) is 13.0 Å². The van der Waals surface area contributed by atoms with Crippen LogP contribution in [0.25, 0.3) is 0 Å². The van der Waals surface area contributed by atoms with Gasteiger partial charge in [0.05, 0.1) is 19.8 Å². The summed E-state index contributed by atoms with van der Waals surface area (Å²) < 4.78 is 23.1. The van der Waals surface area contributed by atoms with Gasteiger partial charge in [0.2, 0.25) is 0 Å². The van der Waals surface area contributed by atoms with Crippen molar-refractivity contribution in [2.24, 2.45) is 5.73 Å². The summed E-state index contributed by atoms with van der Waals surface area (Å²) in [6.45, 7) is 1.72. The number of carbonyl (C=O) groups excluding carboxylic acids is 1. The van der Waals surface area contributed by atoms with Crippen molar-refractivity contribution in [2.45, 2.75) is 13.0 Å². The van der Waals surface area contributed by atoms with Gasteiger partial charge in [-0.15, -0.1) is 0 Å². The van der Waals surface area contributed by atoms with Crippen LogP contribution < -0.4 is 10.5 Å². The van der Waals surface area contributed by atoms with Gasteiger partial charge in [0.25, 0.3) is 0 Å². The highest BCUT2D eigenvalue weighted by Gasteiger charge is 2.24. The average molecular weight is 227 g/mol. The fourth-order valence-corrected chi connectivity index (χ4v) is 1.44. The molecule has 0 spiro atoms. The first-order valence-corrected chi connectivity index (χ1v) is 4.68. The Morgan fingerprint density at radius 1 is 1.44 bits per heavy atom. The fraction of sp³-hybridized carbons (Fsp3) is 0.364. The van der Waals surface area contributed by atoms with Crippen LogP contribution in [0.5, 0.6) is 5.75 Å². The minimum atomic E-state index is -1.18. The van der Waals surface area contributed by atoms with E-state index >= 15 is 0 Å². The summed E-state index contributed by atoms with van der Waals surface area (Å²) >= 11 is 0. The number of aryl methyl sites for hydroxylation is 1. The second-order valence-corrected chi connectivity index (χ2v) is 3.36. The van der Waals surface area contributed by atoms with Crippen LogP contribution in [0.15, 0.2) is 12.1 Å². The van der Waals surface area contributed by atoms with E-state index in [-0.39, 0.29) is 11.3 Å². The summed E-state index contributed by atoms with van der Waals surface area (Å²) in [6.07, 6.45) is 0. The maximum Gasteiger partial charge on any atom is 0.327 e. The summed E-state index contributed by atoms with van der Waals surface area (Å²) in [7, 11) is 2.59. The zero-order valence-corrected chi connectivity index (χ0v) is 9.41. The molecule has 0 fully saturated rings. The molecule has 0 aliphatic carbocycles. The number of benzene rings is 1. The number of rotatable bonds is 3. The Morgan fingerprint density at radius 2 is 2.06 bits per heavy atom. The average Bonchev–Trinajstić information content (AvgIpc) is 2.26. The first-order chi connectivity index (χ1) is 7.51. The zero-order valence-electron chi connectivity index (χ0n) is 9.41. The van der Waals surface area contributed by atoms with Crippen molar-refractivity contribution >= 4 is 5.97 Å². The molecular weight excluding hydrogens is 213 g/mol. The molecule has 4 nitrogen and oxygen atoms in total. The van der Waals surface area contributed by atoms with Crippen molar-refractivity contribution in [3.8, 4) is 5.75 Å². The van der Waals surface area contributed by atoms with E-state index in [1.807, 2.05) is 0 Å². The number of methoxy groups -OCH3 is 2. The zero-order chi connectivity index (χ0) is 12.3. The Hall–Kier alpha value is -1.62. The highest BCUT2D eigenvalue weighted by Crippen LogP contribution is 2.28. The SMILES string of the molecule is COC(=O)C(N)c1c(F)cc(C)cc1OC. The Balaban J connectivity index is 3.26. The summed E-state index contributed by atoms with van der Waals surface area (Å²) in [5.74, 6) is -1.04. The standard InChI is InChI=1S/C11H14FNO3/c1-6-4-7(12)9(8(5-6)15-2)10(13)11(14)16-3/h4-5,10H,13H2,1-3H3. The van der Waals surface area contributed by atoms with Crippen LogP contribution in [0.2, 0.25) is 0 Å². The molecule has 0 aliphatic rings. The van der Waals surface area contributed by atoms with Gasteiger partial charge in [0.1, 0.15) is 17.6 Å². The van der Waals surface area contributed by atoms with Crippen molar-refractivity contribution in [3.63, 3.8) is 0 Å². The number of esters is 1. The number of hydrogen-bond donors (Lipinski definition) is 1. The van der Waals surface area contributed by atoms with Gasteiger partial charge in [-0.25, -0.2) is 4.39 Å². The quantitative estimate of drug-likeness (QED) is 0.791. The number of halogens is 1. The summed E-state index contributed by atoms with van der Waals surface area (Å²) in [5.41, 5.74) is 6.29. The molecule has 1 rings (SSSR count). The molecule has 0 aliphatic heterocycles. The van der Waals surface area contributed by atoms with Crippen molar-refractivity contribution in [3.05, 3.63) is 29.1 Å². The molecule has 0 amide bonds. The molecule has 0 aromatic heterocycles. The lowest BCUT2D eigenvalue weighted by atomic mass is 10.0. The number of ether oxygens (including phenoxy) is 2. The van der Waals surface area contributed by atoms with E-state index in [9.17, 15) is 9.18 Å². The van der Waals surface area contributed by atoms with E-state index in [2.05, 4.69) is 4.74 Å². The smallest absolute Gasteiger partial charge is 0.327 e. The third kappa shape index (κ3) is 2.30. The molecule has 5 heteroatoms. The molecular formula is C11H14FNO3. The molecule has 0 radical (unpaired) electrons. The van der Waals surface area contributed by atoms with Crippen molar-refractivity contribution < 1.29 is 18.7 Å². The topological polar surface area (TPSA) is 61.5 Å². The van der Waals surface area contributed by atoms with Gasteiger partial charge in [-0.05, 0) is 24.6 Å². The van der Waals surface area contributed by atoms with Crippen LogP contribution >= 0.6 is 0 Å². The maximum atomic E-state index is 13.7. The Morgan fingerprint density at radius 3 is 2.56 bits per heavy atom. The Kier molecular flexibility index (Phi) is 3.84. The molecule has 88 valence electrons. The number of carbonyl (C=O) groups is 1. The first-order valence-electron chi connectivity index (χ1n) is 4.68. The number of nitrogens with two attached hydrogens (primary N) is 1. The van der Waals surface area contributed by atoms with E-state index in [0.717, 1.165) is 0 Å². The molecule has 2 N–H and O–H groups in total. The predicted octanol–water partition coefficient (Wildman–Crippen LogP) is 1.32. The summed E-state index contributed by atoms with van der Waals surface area (Å²) in [4.78, 5) is 11.2. The van der Waals surface area contributed by atoms with Crippen LogP contribution in [0, 0.1) is 12.7 Å². The predicted molar refractivity (Wildman–Crippen MR) is 56.6 cm³/mol. The van der Waals surface area contributed by atoms with Crippen molar-refractivity contribution in [1.29, 1.82) is 0 Å². The molecule has 0 heterocycles. The minimum Gasteiger partial charge on any atom is -0.496 e. The van der Waals surface area contributed by atoms with Gasteiger partial charge in [0, 0.05) is 0 Å². The molecule has 1 atom stereocenters. The molecule has 1 aromatic carbocycles. The second-order valence-electron chi connectivity index (χ2n) is 3.36. The highest BCUT2D eigenvalue weighted by molar-refractivity contribution is 5.78. The third-order valence-electron chi connectivity index (χ3n) is 2.22. The third-order valence-corrected chi connectivity index (χ3v) is 2.22. The van der Waals surface area contributed by atoms with Gasteiger partial charge in [0.15, 0.2) is 0 Å². The first kappa shape index (κ1) is 12.4. The van der Waals surface area contributed by atoms with Crippen molar-refractivity contribution in [2.75, 3.05) is 14.2 Å². The van der Waals surface area contributed by atoms with Crippen LogP contribution in [-0.2, 0) is 9.53 Å². The molecule has 0 saturated carbocycles. The van der Waals surface area contributed by atoms with Gasteiger partial charge in [-0.1, -0.05) is 0 Å². The van der Waals surface area contributed by atoms with Crippen molar-refractivity contribution in [1.82, 2.24) is 0 Å². The normalized spacial score (nSPS) is 12.1. The van der Waals surface area contributed by atoms with Crippen LogP contribution in [0.3, 0.4) is 0 Å². The molecule has 0 bridgehead atoms. The summed E-state index contributed by atoms with van der Waals surface area (Å²) in [6, 6.07) is 1.72. The van der Waals surface area contributed by atoms with Gasteiger partial charge >= 0.3 is 5.97 Å². The van der Waals surface area contributed by atoms with Crippen LogP contribution in [0.1, 0.15) is 17.2 Å². The van der Waals surface area contributed by atoms with E-state index < -0.39 is 17.8 Å². The van der Waals surface area contributed by atoms with Gasteiger partial charge in [-0.2, -0.15) is 0 Å². The number of hydrogen-bond acceptors (Lipinski definition) is 4. The molecule has 16 heavy (non-hydrogen) atoms. The van der Waals surface area contributed by atoms with Crippen LogP contribution in [0.4, 0.5) is 4.39 Å². The van der Waals surface area contributed by atoms with E-state index in [1.165, 1.54) is 20.3 Å². The lowest BCUT2D eigenvalue weighted by Gasteiger charge is -2.15. The van der Waals surface area contributed by atoms with E-state index in [0.29, 0.717) is 5.56 Å². The monoisotopic (exact) mass is 227 g/mol. The minimum absolute atomic E-state index is 0.0138. The highest BCUT2D eigenvalue weighted by atomic mass is 19.1. The van der Waals surface area contributed by atoms with Gasteiger partial charge in [-0.3, -0.25) is 4.79 Å². The maximum absolute atomic E-state index is 13.7. The molecule has 0 saturated heterocycles. The largest absolute Gasteiger partial charge is 0.496 e. The molecule has 1 unspecified atom stereocenters. The van der Waals surface area contributed by atoms with Gasteiger partial charge < -0.3 is 15.2 Å².